The molecule has 1 aliphatic heterocycles. The Morgan fingerprint density at radius 1 is 1.17 bits per heavy atom. The minimum Gasteiger partial charge on any atom is -0.294 e. The maximum Gasteiger partial charge on any atom is 0.252 e. The summed E-state index contributed by atoms with van der Waals surface area (Å²) in [6.07, 6.45) is 3.62. The van der Waals surface area contributed by atoms with Gasteiger partial charge in [-0.1, -0.05) is 32.1 Å². The van der Waals surface area contributed by atoms with E-state index in [9.17, 15) is 13.7 Å². The fraction of sp³-hybridized carbons (Fsp3) is 0.609. The third-order valence-corrected chi connectivity index (χ3v) is 7.80. The van der Waals surface area contributed by atoms with Crippen LogP contribution in [0.5, 0.6) is 0 Å². The molecule has 1 aromatic carbocycles. The molecule has 0 N–H and O–H groups in total. The van der Waals surface area contributed by atoms with E-state index >= 15 is 0 Å². The average Bonchev–Trinajstić information content (AvgIpc) is 3.53. The summed E-state index contributed by atoms with van der Waals surface area (Å²) in [5, 5.41) is 9.33. The number of nitriles is 1. The van der Waals surface area contributed by atoms with Crippen LogP contribution in [0.15, 0.2) is 23.1 Å². The Morgan fingerprint density at radius 2 is 1.83 bits per heavy atom. The molecule has 1 atom stereocenters. The molecule has 160 valence electrons. The van der Waals surface area contributed by atoms with Gasteiger partial charge in [-0.05, 0) is 68.7 Å². The van der Waals surface area contributed by atoms with E-state index in [2.05, 4.69) is 44.7 Å². The first kappa shape index (κ1) is 23.6. The number of sulfonamides is 1. The minimum absolute atomic E-state index is 0.0735. The molecule has 0 radical (unpaired) electrons. The lowest BCUT2D eigenvalue weighted by Crippen LogP contribution is -2.53. The van der Waals surface area contributed by atoms with E-state index in [1.54, 1.807) is 6.08 Å². The third-order valence-electron chi connectivity index (χ3n) is 6.01. The van der Waals surface area contributed by atoms with Gasteiger partial charge in [-0.3, -0.25) is 4.90 Å². The molecular weight excluding hydrogens is 382 g/mol. The largest absolute Gasteiger partial charge is 0.294 e. The Hall–Kier alpha value is -1.68. The molecule has 3 rings (SSSR count). The molecule has 0 bridgehead atoms. The van der Waals surface area contributed by atoms with Crippen molar-refractivity contribution in [2.45, 2.75) is 67.0 Å². The summed E-state index contributed by atoms with van der Waals surface area (Å²) < 4.78 is 27.2. The lowest BCUT2D eigenvalue weighted by atomic mass is 9.98. The van der Waals surface area contributed by atoms with Crippen LogP contribution in [0.4, 0.5) is 0 Å². The number of hydrogen-bond donors (Lipinski definition) is 0. The number of rotatable bonds is 5. The van der Waals surface area contributed by atoms with Gasteiger partial charge in [0.2, 0.25) is 0 Å². The zero-order valence-electron chi connectivity index (χ0n) is 18.7. The summed E-state index contributed by atoms with van der Waals surface area (Å²) in [5.41, 5.74) is 5.24. The highest BCUT2D eigenvalue weighted by Gasteiger charge is 2.35. The zero-order chi connectivity index (χ0) is 21.8. The monoisotopic (exact) mass is 417 g/mol. The summed E-state index contributed by atoms with van der Waals surface area (Å²) in [4.78, 5) is 2.26. The van der Waals surface area contributed by atoms with Crippen molar-refractivity contribution in [3.8, 4) is 6.07 Å². The summed E-state index contributed by atoms with van der Waals surface area (Å²) in [5.74, 6) is 0.265. The van der Waals surface area contributed by atoms with Gasteiger partial charge < -0.3 is 0 Å². The number of aryl methyl sites for hydroxylation is 1. The number of nitrogens with zero attached hydrogens (tertiary/aromatic N) is 3. The van der Waals surface area contributed by atoms with E-state index in [0.717, 1.165) is 19.4 Å². The van der Waals surface area contributed by atoms with Crippen molar-refractivity contribution >= 4 is 10.0 Å². The van der Waals surface area contributed by atoms with Crippen LogP contribution in [0.3, 0.4) is 0 Å². The van der Waals surface area contributed by atoms with Gasteiger partial charge in [-0.25, -0.2) is 8.42 Å². The smallest absolute Gasteiger partial charge is 0.252 e. The van der Waals surface area contributed by atoms with Crippen molar-refractivity contribution in [3.63, 3.8) is 0 Å². The van der Waals surface area contributed by atoms with Crippen molar-refractivity contribution in [3.05, 3.63) is 45.4 Å². The summed E-state index contributed by atoms with van der Waals surface area (Å²) in [7, 11) is -3.67. The average molecular weight is 418 g/mol. The number of allylic oxidation sites excluding steroid dienone is 2. The molecule has 6 heteroatoms. The van der Waals surface area contributed by atoms with Gasteiger partial charge in [0.15, 0.2) is 4.91 Å². The first-order valence-electron chi connectivity index (χ1n) is 10.7. The topological polar surface area (TPSA) is 64.4 Å². The maximum absolute atomic E-state index is 12.8. The molecule has 5 nitrogen and oxygen atoms in total. The molecule has 1 aliphatic carbocycles. The predicted octanol–water partition coefficient (Wildman–Crippen LogP) is 4.29. The van der Waals surface area contributed by atoms with E-state index in [-0.39, 0.29) is 16.9 Å². The van der Waals surface area contributed by atoms with E-state index in [1.807, 2.05) is 19.9 Å². The lowest BCUT2D eigenvalue weighted by Gasteiger charge is -2.39. The molecule has 1 unspecified atom stereocenters. The molecule has 2 aliphatic rings. The molecule has 0 spiro atoms. The van der Waals surface area contributed by atoms with Crippen molar-refractivity contribution in [1.82, 2.24) is 9.21 Å². The highest BCUT2D eigenvalue weighted by molar-refractivity contribution is 7.93. The van der Waals surface area contributed by atoms with Crippen LogP contribution < -0.4 is 0 Å². The Balaban J connectivity index is 0.00000145. The Kier molecular flexibility index (Phi) is 8.04. The minimum atomic E-state index is -3.67. The summed E-state index contributed by atoms with van der Waals surface area (Å²) >= 11 is 0. The predicted molar refractivity (Wildman–Crippen MR) is 119 cm³/mol. The van der Waals surface area contributed by atoms with E-state index in [4.69, 9.17) is 0 Å². The summed E-state index contributed by atoms with van der Waals surface area (Å²) in [6, 6.07) is 6.36. The maximum atomic E-state index is 12.8. The molecule has 2 fully saturated rings. The van der Waals surface area contributed by atoms with Crippen LogP contribution >= 0.6 is 0 Å². The molecule has 1 saturated carbocycles. The quantitative estimate of drug-likeness (QED) is 0.670. The van der Waals surface area contributed by atoms with Crippen LogP contribution in [-0.4, -0.2) is 43.3 Å². The van der Waals surface area contributed by atoms with Gasteiger partial charge in [0.1, 0.15) is 6.07 Å². The highest BCUT2D eigenvalue weighted by atomic mass is 32.2. The molecule has 0 aromatic heterocycles. The van der Waals surface area contributed by atoms with E-state index in [1.165, 1.54) is 26.6 Å². The van der Waals surface area contributed by atoms with Crippen molar-refractivity contribution in [2.24, 2.45) is 5.92 Å². The molecular formula is C23H35N3O2S. The SMILES string of the molecule is CC.Cc1ccc(CN2CCN(S(=O)(=O)/C(C#N)=C/C3CC3)CC2C)c(C)c1C. The van der Waals surface area contributed by atoms with Crippen molar-refractivity contribution in [1.29, 1.82) is 5.26 Å². The second-order valence-electron chi connectivity index (χ2n) is 7.95. The van der Waals surface area contributed by atoms with Crippen molar-refractivity contribution in [2.75, 3.05) is 19.6 Å². The Bertz CT molecular complexity index is 895. The fourth-order valence-corrected chi connectivity index (χ4v) is 5.11. The second kappa shape index (κ2) is 9.88. The fourth-order valence-electron chi connectivity index (χ4n) is 3.61. The van der Waals surface area contributed by atoms with Gasteiger partial charge in [-0.2, -0.15) is 9.57 Å². The van der Waals surface area contributed by atoms with Gasteiger partial charge in [0.25, 0.3) is 10.0 Å². The third kappa shape index (κ3) is 5.48. The van der Waals surface area contributed by atoms with Crippen LogP contribution in [0.1, 0.15) is 55.9 Å². The Labute approximate surface area is 177 Å². The van der Waals surface area contributed by atoms with Crippen molar-refractivity contribution < 1.29 is 8.42 Å². The van der Waals surface area contributed by atoms with E-state index in [0.29, 0.717) is 19.6 Å². The first-order chi connectivity index (χ1) is 13.7. The summed E-state index contributed by atoms with van der Waals surface area (Å²) in [6.45, 7) is 14.9. The standard InChI is InChI=1S/C21H29N3O2S.C2H6/c1-15-5-8-20(18(4)17(15)3)14-23-9-10-24(13-16(23)2)27(25,26)21(12-22)11-19-6-7-19;1-2/h5,8,11,16,19H,6-7,9-10,13-14H2,1-4H3;1-2H3/b21-11+;. The lowest BCUT2D eigenvalue weighted by molar-refractivity contribution is 0.122. The number of benzene rings is 1. The second-order valence-corrected chi connectivity index (χ2v) is 9.86. The Morgan fingerprint density at radius 3 is 2.38 bits per heavy atom. The first-order valence-corrected chi connectivity index (χ1v) is 12.1. The molecule has 1 heterocycles. The van der Waals surface area contributed by atoms with Crippen LogP contribution in [-0.2, 0) is 16.6 Å². The van der Waals surface area contributed by atoms with E-state index < -0.39 is 10.0 Å². The van der Waals surface area contributed by atoms with Crippen LogP contribution in [0, 0.1) is 38.0 Å². The van der Waals surface area contributed by atoms with Gasteiger partial charge >= 0.3 is 0 Å². The number of piperazine rings is 1. The molecule has 29 heavy (non-hydrogen) atoms. The van der Waals surface area contributed by atoms with Gasteiger partial charge in [0.05, 0.1) is 0 Å². The molecule has 1 aromatic rings. The highest BCUT2D eigenvalue weighted by Crippen LogP contribution is 2.33. The van der Waals surface area contributed by atoms with Crippen LogP contribution in [0.25, 0.3) is 0 Å². The normalized spacial score (nSPS) is 21.3. The zero-order valence-corrected chi connectivity index (χ0v) is 19.5. The van der Waals surface area contributed by atoms with Gasteiger partial charge in [-0.15, -0.1) is 0 Å². The molecule has 1 saturated heterocycles. The van der Waals surface area contributed by atoms with Crippen LogP contribution in [0.2, 0.25) is 0 Å². The number of hydrogen-bond acceptors (Lipinski definition) is 4. The van der Waals surface area contributed by atoms with Gasteiger partial charge in [0, 0.05) is 32.2 Å². The molecule has 0 amide bonds.